The van der Waals surface area contributed by atoms with E-state index in [-0.39, 0.29) is 10.8 Å². The van der Waals surface area contributed by atoms with Gasteiger partial charge in [-0.25, -0.2) is 0 Å². The first-order valence-corrected chi connectivity index (χ1v) is 17.6. The standard InChI is InChI=1S/C35H37ISi/c1-34(2,3)27-12-16-29-24(22-26(30(29)17-13-27)20-21-37(7,8)9)10-11-25-23-33(36)32-19-15-28(35(4,5)6)14-18-31(25)32/h12-19,22-23H,1-9H3. The summed E-state index contributed by atoms with van der Waals surface area (Å²) < 4.78 is 1.24. The van der Waals surface area contributed by atoms with Crippen molar-refractivity contribution >= 4 is 30.7 Å². The van der Waals surface area contributed by atoms with Crippen molar-refractivity contribution in [3.8, 4) is 45.6 Å². The molecule has 0 amide bonds. The van der Waals surface area contributed by atoms with Gasteiger partial charge in [0.1, 0.15) is 8.07 Å². The summed E-state index contributed by atoms with van der Waals surface area (Å²) in [4.78, 5) is 0. The zero-order valence-electron chi connectivity index (χ0n) is 23.7. The maximum absolute atomic E-state index is 3.56. The molecule has 0 saturated carbocycles. The van der Waals surface area contributed by atoms with Gasteiger partial charge in [0.05, 0.1) is 0 Å². The zero-order valence-corrected chi connectivity index (χ0v) is 26.8. The first-order valence-electron chi connectivity index (χ1n) is 13.0. The van der Waals surface area contributed by atoms with Gasteiger partial charge in [0, 0.05) is 20.3 Å². The van der Waals surface area contributed by atoms with E-state index >= 15 is 0 Å². The summed E-state index contributed by atoms with van der Waals surface area (Å²) in [6, 6.07) is 22.4. The summed E-state index contributed by atoms with van der Waals surface area (Å²) in [5, 5.41) is 0. The summed E-state index contributed by atoms with van der Waals surface area (Å²) in [6.45, 7) is 20.4. The Morgan fingerprint density at radius 2 is 0.919 bits per heavy atom. The van der Waals surface area contributed by atoms with Gasteiger partial charge in [-0.1, -0.05) is 127 Å². The maximum Gasteiger partial charge on any atom is 0.129 e. The van der Waals surface area contributed by atoms with Gasteiger partial charge in [-0.15, -0.1) is 5.54 Å². The van der Waals surface area contributed by atoms with Crippen molar-refractivity contribution in [3.63, 3.8) is 0 Å². The molecule has 188 valence electrons. The van der Waals surface area contributed by atoms with E-state index in [1.165, 1.54) is 37.0 Å². The molecule has 37 heavy (non-hydrogen) atoms. The van der Waals surface area contributed by atoms with Crippen LogP contribution in [0.25, 0.3) is 22.3 Å². The molecule has 0 aromatic heterocycles. The zero-order chi connectivity index (χ0) is 27.2. The minimum Gasteiger partial charge on any atom is -0.127 e. The van der Waals surface area contributed by atoms with Crippen molar-refractivity contribution in [1.29, 1.82) is 0 Å². The van der Waals surface area contributed by atoms with Crippen LogP contribution in [0.1, 0.15) is 69.4 Å². The molecule has 0 aromatic carbocycles. The van der Waals surface area contributed by atoms with Gasteiger partial charge in [0.15, 0.2) is 0 Å². The molecule has 0 saturated heterocycles. The maximum atomic E-state index is 3.56. The SMILES string of the molecule is CC(C)(C)c1ccc2c(I)cc(C#Cc3cc(C#C[Si](C)(C)C)c4ccc(C(C)(C)C)ccc3-4)c-2cc1. The lowest BCUT2D eigenvalue weighted by molar-refractivity contribution is 0.590. The topological polar surface area (TPSA) is 0 Å². The predicted octanol–water partition coefficient (Wildman–Crippen LogP) is 9.72. The Hall–Kier alpha value is -2.53. The van der Waals surface area contributed by atoms with E-state index in [0.29, 0.717) is 0 Å². The largest absolute Gasteiger partial charge is 0.129 e. The highest BCUT2D eigenvalue weighted by molar-refractivity contribution is 14.1. The monoisotopic (exact) mass is 612 g/mol. The summed E-state index contributed by atoms with van der Waals surface area (Å²) in [6.07, 6.45) is 0. The third-order valence-corrected chi connectivity index (χ3v) is 8.39. The van der Waals surface area contributed by atoms with Crippen molar-refractivity contribution in [1.82, 2.24) is 0 Å². The number of hydrogen-bond donors (Lipinski definition) is 0. The molecule has 0 fully saturated rings. The highest BCUT2D eigenvalue weighted by atomic mass is 127. The van der Waals surface area contributed by atoms with Crippen LogP contribution in [-0.4, -0.2) is 8.07 Å². The van der Waals surface area contributed by atoms with Gasteiger partial charge in [-0.3, -0.25) is 0 Å². The molecule has 0 nitrogen and oxygen atoms in total. The van der Waals surface area contributed by atoms with Crippen LogP contribution in [0.4, 0.5) is 0 Å². The molecule has 0 bridgehead atoms. The molecule has 0 aromatic rings. The third kappa shape index (κ3) is 6.31. The molecule has 0 N–H and O–H groups in total. The number of halogens is 1. The Morgan fingerprint density at radius 1 is 0.541 bits per heavy atom. The van der Waals surface area contributed by atoms with Crippen LogP contribution in [0.2, 0.25) is 19.6 Å². The van der Waals surface area contributed by atoms with Crippen LogP contribution in [0.15, 0.2) is 60.7 Å². The van der Waals surface area contributed by atoms with Gasteiger partial charge >= 0.3 is 0 Å². The van der Waals surface area contributed by atoms with Crippen molar-refractivity contribution < 1.29 is 0 Å². The molecule has 0 unspecified atom stereocenters. The van der Waals surface area contributed by atoms with Gasteiger partial charge in [0.25, 0.3) is 0 Å². The number of fused-ring (bicyclic) bond motifs is 2. The number of hydrogen-bond acceptors (Lipinski definition) is 0. The Morgan fingerprint density at radius 3 is 1.35 bits per heavy atom. The van der Waals surface area contributed by atoms with Crippen molar-refractivity contribution in [3.05, 3.63) is 92.1 Å². The van der Waals surface area contributed by atoms with E-state index in [0.717, 1.165) is 16.7 Å². The first kappa shape index (κ1) is 27.5. The molecule has 4 rings (SSSR count). The second-order valence-electron chi connectivity index (χ2n) is 13.0. The fourth-order valence-electron chi connectivity index (χ4n) is 4.36. The lowest BCUT2D eigenvalue weighted by Crippen LogP contribution is -2.16. The molecule has 0 radical (unpaired) electrons. The van der Waals surface area contributed by atoms with E-state index in [4.69, 9.17) is 0 Å². The van der Waals surface area contributed by atoms with Gasteiger partial charge in [0.2, 0.25) is 0 Å². The fourth-order valence-corrected chi connectivity index (χ4v) is 5.65. The molecular formula is C35H37ISi. The van der Waals surface area contributed by atoms with Crippen LogP contribution >= 0.6 is 22.6 Å². The summed E-state index contributed by atoms with van der Waals surface area (Å²) in [7, 11) is -1.50. The van der Waals surface area contributed by atoms with Crippen LogP contribution < -0.4 is 0 Å². The van der Waals surface area contributed by atoms with Crippen LogP contribution in [-0.2, 0) is 10.8 Å². The Balaban J connectivity index is 1.87. The van der Waals surface area contributed by atoms with E-state index in [2.05, 4.69) is 168 Å². The summed E-state index contributed by atoms with van der Waals surface area (Å²) in [5.41, 5.74) is 14.4. The van der Waals surface area contributed by atoms with Gasteiger partial charge in [-0.2, -0.15) is 0 Å². The van der Waals surface area contributed by atoms with Crippen molar-refractivity contribution in [2.24, 2.45) is 0 Å². The Kier molecular flexibility index (Phi) is 7.41. The summed E-state index contributed by atoms with van der Waals surface area (Å²) in [5.74, 6) is 10.6. The second kappa shape index (κ2) is 9.98. The average Bonchev–Trinajstić information content (AvgIpc) is 3.03. The average molecular weight is 613 g/mol. The lowest BCUT2D eigenvalue weighted by atomic mass is 9.88. The fraction of sp³-hybridized carbons (Fsp3) is 0.314. The molecule has 0 heterocycles. The molecule has 4 aliphatic rings. The molecule has 0 aliphatic heterocycles. The van der Waals surface area contributed by atoms with Gasteiger partial charge < -0.3 is 0 Å². The molecule has 4 aliphatic carbocycles. The minimum absolute atomic E-state index is 0.0821. The van der Waals surface area contributed by atoms with E-state index in [1.807, 2.05) is 0 Å². The number of rotatable bonds is 0. The van der Waals surface area contributed by atoms with Crippen molar-refractivity contribution in [2.75, 3.05) is 0 Å². The van der Waals surface area contributed by atoms with Crippen LogP contribution in [0.5, 0.6) is 0 Å². The van der Waals surface area contributed by atoms with Crippen molar-refractivity contribution in [2.45, 2.75) is 72.0 Å². The van der Waals surface area contributed by atoms with Crippen LogP contribution in [0.3, 0.4) is 0 Å². The van der Waals surface area contributed by atoms with E-state index in [9.17, 15) is 0 Å². The lowest BCUT2D eigenvalue weighted by Gasteiger charge is -2.17. The summed E-state index contributed by atoms with van der Waals surface area (Å²) >= 11 is 2.44. The smallest absolute Gasteiger partial charge is 0.127 e. The molecule has 2 heteroatoms. The minimum atomic E-state index is -1.50. The highest BCUT2D eigenvalue weighted by Crippen LogP contribution is 2.36. The Bertz CT molecular complexity index is 1530. The van der Waals surface area contributed by atoms with Gasteiger partial charge in [-0.05, 0) is 78.9 Å². The van der Waals surface area contributed by atoms with E-state index in [1.54, 1.807) is 0 Å². The quantitative estimate of drug-likeness (QED) is 0.105. The first-order chi connectivity index (χ1) is 17.1. The predicted molar refractivity (Wildman–Crippen MR) is 172 cm³/mol. The van der Waals surface area contributed by atoms with Crippen LogP contribution in [0, 0.1) is 26.9 Å². The molecule has 0 atom stereocenters. The normalized spacial score (nSPS) is 12.2. The second-order valence-corrected chi connectivity index (χ2v) is 18.9. The van der Waals surface area contributed by atoms with E-state index < -0.39 is 8.07 Å². The molecular weight excluding hydrogens is 575 g/mol. The Labute approximate surface area is 239 Å². The highest BCUT2D eigenvalue weighted by Gasteiger charge is 2.19. The molecule has 0 spiro atoms. The third-order valence-electron chi connectivity index (χ3n) is 6.62.